The Bertz CT molecular complexity index is 544. The Balaban J connectivity index is 2.66. The standard InChI is InChI=1S/C14H15NO/c1-10-6-11(9-15-2)7-12-4-5-13(16-3)8-14(10)12/h4-9H,1-3H3. The Morgan fingerprint density at radius 2 is 2.00 bits per heavy atom. The predicted octanol–water partition coefficient (Wildman–Crippen LogP) is 3.21. The van der Waals surface area contributed by atoms with Crippen LogP contribution in [0.4, 0.5) is 0 Å². The fourth-order valence-corrected chi connectivity index (χ4v) is 1.90. The molecule has 0 aliphatic rings. The number of aryl methyl sites for hydroxylation is 1. The van der Waals surface area contributed by atoms with E-state index < -0.39 is 0 Å². The lowest BCUT2D eigenvalue weighted by Gasteiger charge is -2.06. The summed E-state index contributed by atoms with van der Waals surface area (Å²) in [5.74, 6) is 0.896. The Hall–Kier alpha value is -1.83. The number of ether oxygens (including phenoxy) is 1. The van der Waals surface area contributed by atoms with Crippen molar-refractivity contribution in [2.75, 3.05) is 14.2 Å². The van der Waals surface area contributed by atoms with Gasteiger partial charge in [-0.15, -0.1) is 0 Å². The maximum absolute atomic E-state index is 5.23. The Morgan fingerprint density at radius 1 is 1.19 bits per heavy atom. The van der Waals surface area contributed by atoms with Gasteiger partial charge in [-0.2, -0.15) is 0 Å². The fraction of sp³-hybridized carbons (Fsp3) is 0.214. The van der Waals surface area contributed by atoms with Crippen molar-refractivity contribution >= 4 is 17.0 Å². The molecule has 0 spiro atoms. The number of methoxy groups -OCH3 is 1. The highest BCUT2D eigenvalue weighted by Crippen LogP contribution is 2.24. The zero-order valence-electron chi connectivity index (χ0n) is 9.82. The summed E-state index contributed by atoms with van der Waals surface area (Å²) in [5.41, 5.74) is 2.38. The molecule has 0 unspecified atom stereocenters. The molecule has 0 radical (unpaired) electrons. The van der Waals surface area contributed by atoms with Crippen molar-refractivity contribution < 1.29 is 4.74 Å². The summed E-state index contributed by atoms with van der Waals surface area (Å²) >= 11 is 0. The lowest BCUT2D eigenvalue weighted by molar-refractivity contribution is 0.415. The fourth-order valence-electron chi connectivity index (χ4n) is 1.90. The molecule has 0 aliphatic carbocycles. The van der Waals surface area contributed by atoms with E-state index in [9.17, 15) is 0 Å². The van der Waals surface area contributed by atoms with Gasteiger partial charge in [0.15, 0.2) is 0 Å². The molecule has 0 amide bonds. The molecule has 2 heteroatoms. The number of fused-ring (bicyclic) bond motifs is 1. The summed E-state index contributed by atoms with van der Waals surface area (Å²) in [6, 6.07) is 10.4. The van der Waals surface area contributed by atoms with Crippen LogP contribution in [0.3, 0.4) is 0 Å². The maximum atomic E-state index is 5.23. The molecule has 2 rings (SSSR count). The number of nitrogens with zero attached hydrogens (tertiary/aromatic N) is 1. The van der Waals surface area contributed by atoms with Gasteiger partial charge in [0, 0.05) is 13.3 Å². The lowest BCUT2D eigenvalue weighted by atomic mass is 10.0. The third-order valence-electron chi connectivity index (χ3n) is 2.67. The molecule has 0 heterocycles. The highest BCUT2D eigenvalue weighted by molar-refractivity contribution is 5.93. The largest absolute Gasteiger partial charge is 0.497 e. The van der Waals surface area contributed by atoms with Gasteiger partial charge in [0.25, 0.3) is 0 Å². The molecule has 16 heavy (non-hydrogen) atoms. The minimum atomic E-state index is 0.896. The van der Waals surface area contributed by atoms with Gasteiger partial charge in [0.2, 0.25) is 0 Å². The molecule has 0 saturated carbocycles. The second kappa shape index (κ2) is 4.35. The molecule has 82 valence electrons. The van der Waals surface area contributed by atoms with Gasteiger partial charge >= 0.3 is 0 Å². The smallest absolute Gasteiger partial charge is 0.119 e. The molecular weight excluding hydrogens is 198 g/mol. The number of hydrogen-bond acceptors (Lipinski definition) is 2. The van der Waals surface area contributed by atoms with Crippen molar-refractivity contribution in [3.63, 3.8) is 0 Å². The quantitative estimate of drug-likeness (QED) is 0.702. The summed E-state index contributed by atoms with van der Waals surface area (Å²) in [7, 11) is 3.47. The Kier molecular flexibility index (Phi) is 2.91. The van der Waals surface area contributed by atoms with Gasteiger partial charge in [-0.3, -0.25) is 4.99 Å². The van der Waals surface area contributed by atoms with Gasteiger partial charge in [0.05, 0.1) is 7.11 Å². The van der Waals surface area contributed by atoms with E-state index in [1.54, 1.807) is 14.2 Å². The van der Waals surface area contributed by atoms with Crippen LogP contribution >= 0.6 is 0 Å². The average molecular weight is 213 g/mol. The van der Waals surface area contributed by atoms with E-state index >= 15 is 0 Å². The molecule has 0 aromatic heterocycles. The van der Waals surface area contributed by atoms with Crippen LogP contribution in [0.2, 0.25) is 0 Å². The third-order valence-corrected chi connectivity index (χ3v) is 2.67. The molecule has 0 aliphatic heterocycles. The highest BCUT2D eigenvalue weighted by atomic mass is 16.5. The van der Waals surface area contributed by atoms with Crippen LogP contribution in [-0.2, 0) is 0 Å². The van der Waals surface area contributed by atoms with Crippen molar-refractivity contribution in [3.8, 4) is 5.75 Å². The molecular formula is C14H15NO. The van der Waals surface area contributed by atoms with Gasteiger partial charge in [-0.25, -0.2) is 0 Å². The molecule has 2 aromatic carbocycles. The van der Waals surface area contributed by atoms with Crippen molar-refractivity contribution in [2.45, 2.75) is 6.92 Å². The molecule has 0 bridgehead atoms. The van der Waals surface area contributed by atoms with E-state index in [4.69, 9.17) is 4.74 Å². The van der Waals surface area contributed by atoms with Crippen LogP contribution in [0.1, 0.15) is 11.1 Å². The molecule has 0 fully saturated rings. The van der Waals surface area contributed by atoms with E-state index in [-0.39, 0.29) is 0 Å². The molecule has 0 saturated heterocycles. The van der Waals surface area contributed by atoms with Gasteiger partial charge in [-0.1, -0.05) is 6.07 Å². The zero-order chi connectivity index (χ0) is 11.5. The minimum absolute atomic E-state index is 0.896. The maximum Gasteiger partial charge on any atom is 0.119 e. The first kappa shape index (κ1) is 10.7. The summed E-state index contributed by atoms with van der Waals surface area (Å²) in [5, 5.41) is 2.45. The van der Waals surface area contributed by atoms with Crippen molar-refractivity contribution in [1.82, 2.24) is 0 Å². The SMILES string of the molecule is CN=Cc1cc(C)c2cc(OC)ccc2c1. The first-order valence-corrected chi connectivity index (χ1v) is 5.25. The van der Waals surface area contributed by atoms with E-state index in [1.165, 1.54) is 16.3 Å². The minimum Gasteiger partial charge on any atom is -0.497 e. The lowest BCUT2D eigenvalue weighted by Crippen LogP contribution is -1.88. The normalized spacial score (nSPS) is 11.2. The number of benzene rings is 2. The number of aliphatic imine (C=N–C) groups is 1. The Morgan fingerprint density at radius 3 is 2.69 bits per heavy atom. The van der Waals surface area contributed by atoms with Crippen molar-refractivity contribution in [1.29, 1.82) is 0 Å². The monoisotopic (exact) mass is 213 g/mol. The summed E-state index contributed by atoms with van der Waals surface area (Å²) in [6.45, 7) is 2.11. The third kappa shape index (κ3) is 1.91. The van der Waals surface area contributed by atoms with Crippen LogP contribution < -0.4 is 4.74 Å². The first-order chi connectivity index (χ1) is 7.74. The van der Waals surface area contributed by atoms with Crippen molar-refractivity contribution in [3.05, 3.63) is 41.5 Å². The second-order valence-corrected chi connectivity index (χ2v) is 3.81. The van der Waals surface area contributed by atoms with E-state index in [1.807, 2.05) is 12.3 Å². The highest BCUT2D eigenvalue weighted by Gasteiger charge is 2.01. The average Bonchev–Trinajstić information content (AvgIpc) is 2.29. The van der Waals surface area contributed by atoms with E-state index in [0.29, 0.717) is 0 Å². The first-order valence-electron chi connectivity index (χ1n) is 5.25. The molecule has 0 N–H and O–H groups in total. The molecule has 2 nitrogen and oxygen atoms in total. The van der Waals surface area contributed by atoms with Gasteiger partial charge in [-0.05, 0) is 53.1 Å². The summed E-state index contributed by atoms with van der Waals surface area (Å²) in [4.78, 5) is 4.04. The van der Waals surface area contributed by atoms with Crippen LogP contribution in [0, 0.1) is 6.92 Å². The Labute approximate surface area is 95.6 Å². The second-order valence-electron chi connectivity index (χ2n) is 3.81. The van der Waals surface area contributed by atoms with E-state index in [2.05, 4.69) is 36.2 Å². The summed E-state index contributed by atoms with van der Waals surface area (Å²) < 4.78 is 5.23. The van der Waals surface area contributed by atoms with Crippen LogP contribution in [0.25, 0.3) is 10.8 Å². The predicted molar refractivity (Wildman–Crippen MR) is 68.8 cm³/mol. The molecule has 2 aromatic rings. The van der Waals surface area contributed by atoms with E-state index in [0.717, 1.165) is 11.3 Å². The van der Waals surface area contributed by atoms with Crippen LogP contribution in [-0.4, -0.2) is 20.4 Å². The number of rotatable bonds is 2. The van der Waals surface area contributed by atoms with Gasteiger partial charge < -0.3 is 4.74 Å². The summed E-state index contributed by atoms with van der Waals surface area (Å²) in [6.07, 6.45) is 1.87. The van der Waals surface area contributed by atoms with Crippen molar-refractivity contribution in [2.24, 2.45) is 4.99 Å². The molecule has 0 atom stereocenters. The van der Waals surface area contributed by atoms with Gasteiger partial charge in [0.1, 0.15) is 5.75 Å². The van der Waals surface area contributed by atoms with Crippen LogP contribution in [0.5, 0.6) is 5.75 Å². The topological polar surface area (TPSA) is 21.6 Å². The van der Waals surface area contributed by atoms with Crippen LogP contribution in [0.15, 0.2) is 35.3 Å². The zero-order valence-corrected chi connectivity index (χ0v) is 9.82. The number of hydrogen-bond donors (Lipinski definition) is 0.